The number of benzene rings is 1. The zero-order valence-corrected chi connectivity index (χ0v) is 14.8. The van der Waals surface area contributed by atoms with E-state index in [1.54, 1.807) is 16.8 Å². The molecule has 3 aliphatic heterocycles. The minimum absolute atomic E-state index is 0.105. The fourth-order valence-corrected chi connectivity index (χ4v) is 4.00. The van der Waals surface area contributed by atoms with Crippen molar-refractivity contribution in [1.82, 2.24) is 20.4 Å². The molecule has 26 heavy (non-hydrogen) atoms. The number of hydrogen-bond donors (Lipinski definition) is 2. The lowest BCUT2D eigenvalue weighted by Gasteiger charge is -2.49. The fraction of sp³-hybridized carbons (Fsp3) is 0.500. The fourth-order valence-electron chi connectivity index (χ4n) is 4.00. The molecular formula is C18H22N4O4. The number of amides is 4. The maximum absolute atomic E-state index is 13.1. The molecule has 2 atom stereocenters. The van der Waals surface area contributed by atoms with Gasteiger partial charge in [-0.3, -0.25) is 9.59 Å². The van der Waals surface area contributed by atoms with E-state index < -0.39 is 12.1 Å². The molecule has 138 valence electrons. The molecule has 0 bridgehead atoms. The van der Waals surface area contributed by atoms with Gasteiger partial charge in [-0.25, -0.2) is 4.79 Å². The lowest BCUT2D eigenvalue weighted by Crippen LogP contribution is -2.72. The molecule has 4 amide bonds. The zero-order chi connectivity index (χ0) is 18.5. The third-order valence-electron chi connectivity index (χ3n) is 5.50. The van der Waals surface area contributed by atoms with Gasteiger partial charge < -0.3 is 25.2 Å². The van der Waals surface area contributed by atoms with E-state index in [1.165, 1.54) is 0 Å². The van der Waals surface area contributed by atoms with Gasteiger partial charge in [-0.1, -0.05) is 24.3 Å². The topological polar surface area (TPSA) is 91.0 Å². The SMILES string of the molecule is Cc1ccccc1[C@@H]1[C@@H](C(=O)N2CC3(CNC(=O)N3)C2)OCC(=O)N1C. The number of nitrogens with zero attached hydrogens (tertiary/aromatic N) is 2. The number of hydrogen-bond acceptors (Lipinski definition) is 4. The highest BCUT2D eigenvalue weighted by Gasteiger charge is 2.52. The Kier molecular flexibility index (Phi) is 3.87. The molecule has 8 nitrogen and oxygen atoms in total. The minimum Gasteiger partial charge on any atom is -0.356 e. The van der Waals surface area contributed by atoms with Gasteiger partial charge in [0, 0.05) is 26.7 Å². The average molecular weight is 358 g/mol. The second-order valence-corrected chi connectivity index (χ2v) is 7.32. The molecule has 0 aliphatic carbocycles. The molecule has 0 unspecified atom stereocenters. The molecule has 0 radical (unpaired) electrons. The Hall–Kier alpha value is -2.61. The Bertz CT molecular complexity index is 774. The summed E-state index contributed by atoms with van der Waals surface area (Å²) in [4.78, 5) is 39.9. The maximum Gasteiger partial charge on any atom is 0.315 e. The second kappa shape index (κ2) is 5.98. The van der Waals surface area contributed by atoms with Gasteiger partial charge in [0.15, 0.2) is 6.10 Å². The van der Waals surface area contributed by atoms with Gasteiger partial charge in [-0.05, 0) is 18.1 Å². The Morgan fingerprint density at radius 2 is 2.00 bits per heavy atom. The van der Waals surface area contributed by atoms with Crippen LogP contribution in [-0.4, -0.2) is 72.6 Å². The van der Waals surface area contributed by atoms with Crippen LogP contribution in [0.3, 0.4) is 0 Å². The Balaban J connectivity index is 1.56. The number of carbonyl (C=O) groups is 3. The van der Waals surface area contributed by atoms with Gasteiger partial charge in [0.05, 0.1) is 11.6 Å². The summed E-state index contributed by atoms with van der Waals surface area (Å²) in [6, 6.07) is 7.05. The summed E-state index contributed by atoms with van der Waals surface area (Å²) >= 11 is 0. The first kappa shape index (κ1) is 16.8. The first-order valence-electron chi connectivity index (χ1n) is 8.68. The first-order chi connectivity index (χ1) is 12.4. The number of carbonyl (C=O) groups excluding carboxylic acids is 3. The van der Waals surface area contributed by atoms with Gasteiger partial charge in [-0.15, -0.1) is 0 Å². The summed E-state index contributed by atoms with van der Waals surface area (Å²) in [6.07, 6.45) is -0.749. The van der Waals surface area contributed by atoms with Gasteiger partial charge >= 0.3 is 6.03 Å². The number of aryl methyl sites for hydroxylation is 1. The highest BCUT2D eigenvalue weighted by atomic mass is 16.5. The molecule has 1 spiro atoms. The molecule has 8 heteroatoms. The summed E-state index contributed by atoms with van der Waals surface area (Å²) in [5, 5.41) is 5.61. The summed E-state index contributed by atoms with van der Waals surface area (Å²) in [5.41, 5.74) is 1.54. The van der Waals surface area contributed by atoms with Crippen LogP contribution in [-0.2, 0) is 14.3 Å². The van der Waals surface area contributed by atoms with Crippen molar-refractivity contribution in [3.8, 4) is 0 Å². The highest BCUT2D eigenvalue weighted by Crippen LogP contribution is 2.34. The first-order valence-corrected chi connectivity index (χ1v) is 8.68. The van der Waals surface area contributed by atoms with E-state index in [0.29, 0.717) is 19.6 Å². The number of nitrogens with one attached hydrogen (secondary N) is 2. The number of morpholine rings is 1. The highest BCUT2D eigenvalue weighted by molar-refractivity contribution is 5.88. The van der Waals surface area contributed by atoms with Crippen molar-refractivity contribution in [2.45, 2.75) is 24.6 Å². The second-order valence-electron chi connectivity index (χ2n) is 7.32. The largest absolute Gasteiger partial charge is 0.356 e. The van der Waals surface area contributed by atoms with Crippen molar-refractivity contribution < 1.29 is 19.1 Å². The Labute approximate surface area is 151 Å². The van der Waals surface area contributed by atoms with E-state index in [2.05, 4.69) is 10.6 Å². The van der Waals surface area contributed by atoms with Gasteiger partial charge in [0.1, 0.15) is 6.61 Å². The number of likely N-dealkylation sites (tertiary alicyclic amines) is 1. The lowest BCUT2D eigenvalue weighted by molar-refractivity contribution is -0.171. The Morgan fingerprint density at radius 3 is 2.65 bits per heavy atom. The van der Waals surface area contributed by atoms with Crippen molar-refractivity contribution in [3.63, 3.8) is 0 Å². The van der Waals surface area contributed by atoms with Crippen LogP contribution in [0, 0.1) is 6.92 Å². The van der Waals surface area contributed by atoms with Gasteiger partial charge in [-0.2, -0.15) is 0 Å². The molecule has 1 aromatic carbocycles. The molecule has 1 aromatic rings. The predicted molar refractivity (Wildman–Crippen MR) is 92.3 cm³/mol. The van der Waals surface area contributed by atoms with E-state index in [4.69, 9.17) is 4.74 Å². The molecular weight excluding hydrogens is 336 g/mol. The number of urea groups is 1. The van der Waals surface area contributed by atoms with Gasteiger partial charge in [0.2, 0.25) is 5.91 Å². The quantitative estimate of drug-likeness (QED) is 0.765. The van der Waals surface area contributed by atoms with Crippen LogP contribution in [0.5, 0.6) is 0 Å². The van der Waals surface area contributed by atoms with Crippen molar-refractivity contribution in [3.05, 3.63) is 35.4 Å². The Morgan fingerprint density at radius 1 is 1.27 bits per heavy atom. The smallest absolute Gasteiger partial charge is 0.315 e. The molecule has 0 saturated carbocycles. The van der Waals surface area contributed by atoms with Crippen LogP contribution in [0.25, 0.3) is 0 Å². The molecule has 3 heterocycles. The van der Waals surface area contributed by atoms with E-state index in [-0.39, 0.29) is 30.0 Å². The van der Waals surface area contributed by atoms with E-state index >= 15 is 0 Å². The summed E-state index contributed by atoms with van der Waals surface area (Å²) in [7, 11) is 1.71. The zero-order valence-electron chi connectivity index (χ0n) is 14.8. The van der Waals surface area contributed by atoms with E-state index in [9.17, 15) is 14.4 Å². The van der Waals surface area contributed by atoms with Crippen LogP contribution < -0.4 is 10.6 Å². The molecule has 2 N–H and O–H groups in total. The molecule has 4 rings (SSSR count). The van der Waals surface area contributed by atoms with Crippen LogP contribution in [0.15, 0.2) is 24.3 Å². The van der Waals surface area contributed by atoms with E-state index in [1.807, 2.05) is 31.2 Å². The van der Waals surface area contributed by atoms with E-state index in [0.717, 1.165) is 11.1 Å². The predicted octanol–water partition coefficient (Wildman–Crippen LogP) is -0.213. The van der Waals surface area contributed by atoms with Crippen LogP contribution in [0.4, 0.5) is 4.79 Å². The van der Waals surface area contributed by atoms with Crippen LogP contribution in [0.2, 0.25) is 0 Å². The van der Waals surface area contributed by atoms with Crippen molar-refractivity contribution >= 4 is 17.8 Å². The molecule has 0 aromatic heterocycles. The molecule has 3 fully saturated rings. The minimum atomic E-state index is -0.749. The number of likely N-dealkylation sites (N-methyl/N-ethyl adjacent to an activating group) is 1. The normalized spacial score (nSPS) is 27.2. The number of ether oxygens (including phenoxy) is 1. The third kappa shape index (κ3) is 2.61. The summed E-state index contributed by atoms with van der Waals surface area (Å²) < 4.78 is 5.69. The van der Waals surface area contributed by atoms with Gasteiger partial charge in [0.25, 0.3) is 5.91 Å². The van der Waals surface area contributed by atoms with Crippen molar-refractivity contribution in [2.75, 3.05) is 33.3 Å². The average Bonchev–Trinajstić information content (AvgIpc) is 2.98. The van der Waals surface area contributed by atoms with Crippen LogP contribution in [0.1, 0.15) is 17.2 Å². The van der Waals surface area contributed by atoms with Crippen LogP contribution >= 0.6 is 0 Å². The standard InChI is InChI=1S/C18H22N4O4/c1-11-5-3-4-6-12(11)14-15(26-7-13(23)21(14)2)16(24)22-9-18(10-22)8-19-17(25)20-18/h3-6,14-15H,7-10H2,1-2H3,(H2,19,20,25)/t14-,15+/m1/s1. The summed E-state index contributed by atoms with van der Waals surface area (Å²) in [5.74, 6) is -0.293. The molecule has 3 aliphatic rings. The van der Waals surface area contributed by atoms with Crippen molar-refractivity contribution in [2.24, 2.45) is 0 Å². The van der Waals surface area contributed by atoms with Crippen molar-refractivity contribution in [1.29, 1.82) is 0 Å². The molecule has 3 saturated heterocycles. The summed E-state index contributed by atoms with van der Waals surface area (Å²) in [6.45, 7) is 3.26. The third-order valence-corrected chi connectivity index (χ3v) is 5.50. The lowest BCUT2D eigenvalue weighted by atomic mass is 9.88. The maximum atomic E-state index is 13.1. The number of rotatable bonds is 2. The monoisotopic (exact) mass is 358 g/mol.